The summed E-state index contributed by atoms with van der Waals surface area (Å²) in [6.45, 7) is 10.5. The molecular formula is C29H41Cl2N3O4. The lowest BCUT2D eigenvalue weighted by molar-refractivity contribution is -0.142. The fourth-order valence-corrected chi connectivity index (χ4v) is 6.09. The first kappa shape index (κ1) is 29.2. The standard InChI is InChI=1S/C29H41Cl2N3O4/c1-27(2,3)12-15-38-26(37)33(5)29(18-32-17-21(29)20-6-7-22(30)23(31)16-20)24(35)19-8-13-34(14-9-19)25(36)28(4)10-11-28/h6-7,16,19,21,32H,8-15,17-18H2,1-5H3/t21-,29+/m1/s1. The molecule has 0 spiro atoms. The largest absolute Gasteiger partial charge is 0.449 e. The van der Waals surface area contributed by atoms with Crippen LogP contribution in [0.4, 0.5) is 4.79 Å². The highest BCUT2D eigenvalue weighted by atomic mass is 35.5. The first-order valence-electron chi connectivity index (χ1n) is 13.7. The number of rotatable bonds is 7. The Labute approximate surface area is 236 Å². The van der Waals surface area contributed by atoms with Crippen molar-refractivity contribution < 1.29 is 19.1 Å². The zero-order valence-electron chi connectivity index (χ0n) is 23.2. The zero-order chi connectivity index (χ0) is 27.9. The van der Waals surface area contributed by atoms with Gasteiger partial charge in [-0.2, -0.15) is 0 Å². The molecule has 0 unspecified atom stereocenters. The third kappa shape index (κ3) is 5.85. The van der Waals surface area contributed by atoms with E-state index in [0.717, 1.165) is 18.4 Å². The topological polar surface area (TPSA) is 79.0 Å². The van der Waals surface area contributed by atoms with Crippen molar-refractivity contribution in [3.63, 3.8) is 0 Å². The van der Waals surface area contributed by atoms with E-state index in [-0.39, 0.29) is 41.0 Å². The summed E-state index contributed by atoms with van der Waals surface area (Å²) in [4.78, 5) is 44.2. The summed E-state index contributed by atoms with van der Waals surface area (Å²) >= 11 is 12.6. The first-order valence-corrected chi connectivity index (χ1v) is 14.4. The minimum Gasteiger partial charge on any atom is -0.449 e. The predicted molar refractivity (Wildman–Crippen MR) is 150 cm³/mol. The van der Waals surface area contributed by atoms with Gasteiger partial charge in [0.25, 0.3) is 0 Å². The van der Waals surface area contributed by atoms with Gasteiger partial charge in [-0.1, -0.05) is 57.0 Å². The Morgan fingerprint density at radius 2 is 1.79 bits per heavy atom. The molecule has 2 aliphatic heterocycles. The van der Waals surface area contributed by atoms with Crippen molar-refractivity contribution in [3.05, 3.63) is 33.8 Å². The van der Waals surface area contributed by atoms with E-state index in [1.807, 2.05) is 17.9 Å². The van der Waals surface area contributed by atoms with E-state index >= 15 is 0 Å². The van der Waals surface area contributed by atoms with Gasteiger partial charge in [-0.15, -0.1) is 0 Å². The summed E-state index contributed by atoms with van der Waals surface area (Å²) in [6, 6.07) is 5.40. The van der Waals surface area contributed by atoms with Crippen LogP contribution in [0.3, 0.4) is 0 Å². The third-order valence-corrected chi connectivity index (χ3v) is 9.45. The lowest BCUT2D eigenvalue weighted by Gasteiger charge is -2.44. The number of hydrogen-bond donors (Lipinski definition) is 1. The van der Waals surface area contributed by atoms with Gasteiger partial charge in [0, 0.05) is 50.5 Å². The van der Waals surface area contributed by atoms with Crippen molar-refractivity contribution >= 4 is 41.0 Å². The highest BCUT2D eigenvalue weighted by Crippen LogP contribution is 2.47. The molecule has 3 fully saturated rings. The molecule has 9 heteroatoms. The number of likely N-dealkylation sites (tertiary alicyclic amines) is 1. The second-order valence-corrected chi connectivity index (χ2v) is 13.6. The number of Topliss-reactive ketones (excluding diaryl/α,β-unsaturated/α-hetero) is 1. The Kier molecular flexibility index (Phi) is 8.42. The second-order valence-electron chi connectivity index (χ2n) is 12.8. The normalized spacial score (nSPS) is 25.2. The van der Waals surface area contributed by atoms with Crippen molar-refractivity contribution in [2.75, 3.05) is 39.8 Å². The molecule has 1 aromatic rings. The Balaban J connectivity index is 1.59. The van der Waals surface area contributed by atoms with Crippen LogP contribution in [0.5, 0.6) is 0 Å². The predicted octanol–water partition coefficient (Wildman–Crippen LogP) is 5.53. The summed E-state index contributed by atoms with van der Waals surface area (Å²) in [5.74, 6) is -0.372. The molecule has 7 nitrogen and oxygen atoms in total. The number of carbonyl (C=O) groups excluding carboxylic acids is 3. The molecule has 2 amide bonds. The molecule has 1 aliphatic carbocycles. The molecule has 4 rings (SSSR count). The highest BCUT2D eigenvalue weighted by molar-refractivity contribution is 6.42. The van der Waals surface area contributed by atoms with Crippen LogP contribution in [-0.4, -0.2) is 73.0 Å². The van der Waals surface area contributed by atoms with Crippen molar-refractivity contribution in [3.8, 4) is 0 Å². The fourth-order valence-electron chi connectivity index (χ4n) is 5.78. The van der Waals surface area contributed by atoms with Gasteiger partial charge in [0.2, 0.25) is 5.91 Å². The van der Waals surface area contributed by atoms with Crippen LogP contribution in [0.25, 0.3) is 0 Å². The Morgan fingerprint density at radius 1 is 1.13 bits per heavy atom. The van der Waals surface area contributed by atoms with Crippen LogP contribution >= 0.6 is 23.2 Å². The molecule has 0 bridgehead atoms. The fraction of sp³-hybridized carbons (Fsp3) is 0.690. The maximum atomic E-state index is 14.5. The lowest BCUT2D eigenvalue weighted by atomic mass is 9.72. The number of ether oxygens (including phenoxy) is 1. The number of likely N-dealkylation sites (N-methyl/N-ethyl adjacent to an activating group) is 1. The molecule has 2 heterocycles. The van der Waals surface area contributed by atoms with Gasteiger partial charge < -0.3 is 15.0 Å². The van der Waals surface area contributed by atoms with Crippen LogP contribution in [0.2, 0.25) is 10.0 Å². The molecule has 3 aliphatic rings. The molecule has 1 saturated carbocycles. The second kappa shape index (κ2) is 11.0. The van der Waals surface area contributed by atoms with E-state index < -0.39 is 11.6 Å². The molecule has 2 saturated heterocycles. The molecule has 1 N–H and O–H groups in total. The van der Waals surface area contributed by atoms with Gasteiger partial charge in [-0.3, -0.25) is 14.5 Å². The average Bonchev–Trinajstić information content (AvgIpc) is 3.47. The molecule has 0 aromatic heterocycles. The molecule has 0 radical (unpaired) electrons. The van der Waals surface area contributed by atoms with Crippen LogP contribution in [-0.2, 0) is 14.3 Å². The van der Waals surface area contributed by atoms with Gasteiger partial charge in [0.05, 0.1) is 16.7 Å². The third-order valence-electron chi connectivity index (χ3n) is 8.71. The molecule has 2 atom stereocenters. The summed E-state index contributed by atoms with van der Waals surface area (Å²) in [6.07, 6.45) is 3.26. The number of halogens is 2. The lowest BCUT2D eigenvalue weighted by Crippen LogP contribution is -2.62. The molecular weight excluding hydrogens is 525 g/mol. The van der Waals surface area contributed by atoms with E-state index in [9.17, 15) is 14.4 Å². The van der Waals surface area contributed by atoms with Gasteiger partial charge in [0.15, 0.2) is 5.78 Å². The zero-order valence-corrected chi connectivity index (χ0v) is 24.8. The number of amides is 2. The number of nitrogens with zero attached hydrogens (tertiary/aromatic N) is 2. The van der Waals surface area contributed by atoms with Gasteiger partial charge >= 0.3 is 6.09 Å². The number of carbonyl (C=O) groups is 3. The van der Waals surface area contributed by atoms with Crippen molar-refractivity contribution in [1.82, 2.24) is 15.1 Å². The van der Waals surface area contributed by atoms with Crippen molar-refractivity contribution in [1.29, 1.82) is 0 Å². The summed E-state index contributed by atoms with van der Waals surface area (Å²) in [7, 11) is 1.67. The van der Waals surface area contributed by atoms with Crippen LogP contribution in [0, 0.1) is 16.7 Å². The summed E-state index contributed by atoms with van der Waals surface area (Å²) in [5.41, 5.74) is -0.493. The minimum absolute atomic E-state index is 0.0126. The van der Waals surface area contributed by atoms with Gasteiger partial charge in [-0.05, 0) is 55.2 Å². The smallest absolute Gasteiger partial charge is 0.410 e. The summed E-state index contributed by atoms with van der Waals surface area (Å²) in [5, 5.41) is 4.23. The number of ketones is 1. The Hall–Kier alpha value is -1.83. The first-order chi connectivity index (χ1) is 17.8. The van der Waals surface area contributed by atoms with Gasteiger partial charge in [0.1, 0.15) is 5.54 Å². The van der Waals surface area contributed by atoms with Crippen molar-refractivity contribution in [2.24, 2.45) is 16.7 Å². The van der Waals surface area contributed by atoms with Gasteiger partial charge in [-0.25, -0.2) is 4.79 Å². The van der Waals surface area contributed by atoms with E-state index in [1.165, 1.54) is 4.90 Å². The highest BCUT2D eigenvalue weighted by Gasteiger charge is 2.57. The minimum atomic E-state index is -1.14. The van der Waals surface area contributed by atoms with E-state index in [2.05, 4.69) is 26.1 Å². The molecule has 1 aromatic carbocycles. The van der Waals surface area contributed by atoms with E-state index in [0.29, 0.717) is 55.5 Å². The number of piperidine rings is 1. The number of benzene rings is 1. The van der Waals surface area contributed by atoms with E-state index in [1.54, 1.807) is 19.2 Å². The van der Waals surface area contributed by atoms with Crippen LogP contribution < -0.4 is 5.32 Å². The van der Waals surface area contributed by atoms with Crippen LogP contribution in [0.1, 0.15) is 71.3 Å². The molecule has 38 heavy (non-hydrogen) atoms. The number of hydrogen-bond acceptors (Lipinski definition) is 5. The Bertz CT molecular complexity index is 1080. The SMILES string of the molecule is CN(C(=O)OCCC(C)(C)C)[C@@]1(C(=O)C2CCN(C(=O)C3(C)CC3)CC2)CNC[C@@H]1c1ccc(Cl)c(Cl)c1. The maximum absolute atomic E-state index is 14.5. The van der Waals surface area contributed by atoms with E-state index in [4.69, 9.17) is 27.9 Å². The molecule has 210 valence electrons. The quantitative estimate of drug-likeness (QED) is 0.470. The van der Waals surface area contributed by atoms with Crippen LogP contribution in [0.15, 0.2) is 18.2 Å². The average molecular weight is 567 g/mol. The Morgan fingerprint density at radius 3 is 2.37 bits per heavy atom. The number of nitrogens with one attached hydrogen (secondary N) is 1. The monoisotopic (exact) mass is 565 g/mol. The van der Waals surface area contributed by atoms with Crippen molar-refractivity contribution in [2.45, 2.75) is 71.3 Å². The maximum Gasteiger partial charge on any atom is 0.410 e. The summed E-state index contributed by atoms with van der Waals surface area (Å²) < 4.78 is 5.68.